The van der Waals surface area contributed by atoms with E-state index in [1.165, 1.54) is 12.1 Å². The number of carbonyl (C=O) groups is 2. The van der Waals surface area contributed by atoms with Crippen molar-refractivity contribution in [3.63, 3.8) is 0 Å². The first kappa shape index (κ1) is 16.9. The molecule has 0 aliphatic carbocycles. The van der Waals surface area contributed by atoms with Crippen LogP contribution in [0.4, 0.5) is 16.2 Å². The molecule has 1 aromatic rings. The maximum atomic E-state index is 12.6. The summed E-state index contributed by atoms with van der Waals surface area (Å²) in [6.07, 6.45) is 0.765. The highest BCUT2D eigenvalue weighted by Crippen LogP contribution is 2.45. The third-order valence-electron chi connectivity index (χ3n) is 4.02. The fourth-order valence-corrected chi connectivity index (χ4v) is 2.89. The number of hydrogen-bond donors (Lipinski definition) is 0. The Kier molecular flexibility index (Phi) is 4.40. The summed E-state index contributed by atoms with van der Waals surface area (Å²) in [5.74, 6) is -0.433. The number of nitrogens with zero attached hydrogens (tertiary/aromatic N) is 2. The Balaban J connectivity index is 2.50. The minimum absolute atomic E-state index is 0.155. The Bertz CT molecular complexity index is 681. The average Bonchev–Trinajstić information content (AvgIpc) is 2.66. The second-order valence-electron chi connectivity index (χ2n) is 6.15. The molecular formula is C16H20N2O5. The van der Waals surface area contributed by atoms with Crippen molar-refractivity contribution >= 4 is 23.4 Å². The smallest absolute Gasteiger partial charge is 0.421 e. The molecule has 0 atom stereocenters. The topological polar surface area (TPSA) is 89.8 Å². The van der Waals surface area contributed by atoms with Crippen LogP contribution in [0.5, 0.6) is 0 Å². The van der Waals surface area contributed by atoms with Crippen molar-refractivity contribution in [3.8, 4) is 0 Å². The molecular weight excluding hydrogens is 300 g/mol. The van der Waals surface area contributed by atoms with Gasteiger partial charge in [0.05, 0.1) is 22.6 Å². The number of amides is 2. The van der Waals surface area contributed by atoms with Gasteiger partial charge in [-0.3, -0.25) is 14.9 Å². The van der Waals surface area contributed by atoms with E-state index in [0.717, 1.165) is 11.3 Å². The first-order chi connectivity index (χ1) is 10.7. The van der Waals surface area contributed by atoms with Gasteiger partial charge in [-0.05, 0) is 38.3 Å². The number of nitro benzene ring substituents is 1. The number of aryl methyl sites for hydroxylation is 1. The Morgan fingerprint density at radius 1 is 1.39 bits per heavy atom. The summed E-state index contributed by atoms with van der Waals surface area (Å²) in [6.45, 7) is 7.27. The molecule has 2 amide bonds. The number of anilines is 1. The van der Waals surface area contributed by atoms with Gasteiger partial charge in [-0.2, -0.15) is 0 Å². The fourth-order valence-electron chi connectivity index (χ4n) is 2.89. The molecule has 0 saturated heterocycles. The number of benzene rings is 1. The van der Waals surface area contributed by atoms with E-state index in [2.05, 4.69) is 0 Å². The largest absolute Gasteiger partial charge is 0.449 e. The number of imide groups is 1. The van der Waals surface area contributed by atoms with Gasteiger partial charge in [0, 0.05) is 12.1 Å². The van der Waals surface area contributed by atoms with Gasteiger partial charge in [0.1, 0.15) is 0 Å². The second-order valence-corrected chi connectivity index (χ2v) is 6.15. The van der Waals surface area contributed by atoms with Crippen molar-refractivity contribution in [2.45, 2.75) is 46.0 Å². The molecule has 0 N–H and O–H groups in total. The van der Waals surface area contributed by atoms with Crippen LogP contribution in [0.1, 0.15) is 44.7 Å². The van der Waals surface area contributed by atoms with E-state index in [-0.39, 0.29) is 18.0 Å². The third-order valence-corrected chi connectivity index (χ3v) is 4.02. The molecule has 23 heavy (non-hydrogen) atoms. The van der Waals surface area contributed by atoms with Crippen LogP contribution in [-0.4, -0.2) is 23.5 Å². The number of nitro groups is 1. The molecule has 0 aromatic heterocycles. The lowest BCUT2D eigenvalue weighted by molar-refractivity contribution is -0.384. The fraction of sp³-hybridized carbons (Fsp3) is 0.500. The Labute approximate surface area is 134 Å². The van der Waals surface area contributed by atoms with Crippen LogP contribution in [0.2, 0.25) is 0 Å². The standard InChI is InChI=1S/C16H20N2O5/c1-5-6-7-23-15(20)17-12-9-11(18(21)22)8-10(2)13(12)16(3,4)14(17)19/h8-9H,5-7H2,1-4H3. The lowest BCUT2D eigenvalue weighted by Crippen LogP contribution is -2.40. The predicted octanol–water partition coefficient (Wildman–Crippen LogP) is 3.46. The molecule has 1 aliphatic rings. The normalized spacial score (nSPS) is 15.5. The highest BCUT2D eigenvalue weighted by atomic mass is 16.6. The maximum Gasteiger partial charge on any atom is 0.421 e. The van der Waals surface area contributed by atoms with Gasteiger partial charge in [-0.1, -0.05) is 13.3 Å². The SMILES string of the molecule is CCCCOC(=O)N1C(=O)C(C)(C)c2c(C)cc([N+](=O)[O-])cc21. The van der Waals surface area contributed by atoms with Crippen molar-refractivity contribution in [1.29, 1.82) is 0 Å². The van der Waals surface area contributed by atoms with E-state index in [0.29, 0.717) is 17.5 Å². The van der Waals surface area contributed by atoms with Gasteiger partial charge in [-0.25, -0.2) is 9.69 Å². The van der Waals surface area contributed by atoms with Gasteiger partial charge in [0.15, 0.2) is 0 Å². The van der Waals surface area contributed by atoms with Crippen molar-refractivity contribution in [1.82, 2.24) is 0 Å². The summed E-state index contributed by atoms with van der Waals surface area (Å²) in [5.41, 5.74) is 0.390. The molecule has 7 heteroatoms. The van der Waals surface area contributed by atoms with E-state index in [9.17, 15) is 19.7 Å². The predicted molar refractivity (Wildman–Crippen MR) is 84.6 cm³/mol. The highest BCUT2D eigenvalue weighted by Gasteiger charge is 2.49. The number of carbonyl (C=O) groups excluding carboxylic acids is 2. The summed E-state index contributed by atoms with van der Waals surface area (Å²) < 4.78 is 5.12. The molecule has 2 rings (SSSR count). The summed E-state index contributed by atoms with van der Waals surface area (Å²) in [5, 5.41) is 11.1. The minimum atomic E-state index is -0.932. The molecule has 0 saturated carbocycles. The van der Waals surface area contributed by atoms with Gasteiger partial charge < -0.3 is 4.74 Å². The van der Waals surface area contributed by atoms with E-state index in [1.54, 1.807) is 20.8 Å². The van der Waals surface area contributed by atoms with Gasteiger partial charge >= 0.3 is 6.09 Å². The van der Waals surface area contributed by atoms with Crippen LogP contribution < -0.4 is 4.90 Å². The highest BCUT2D eigenvalue weighted by molar-refractivity contribution is 6.21. The van der Waals surface area contributed by atoms with Gasteiger partial charge in [0.2, 0.25) is 5.91 Å². The summed E-state index contributed by atoms with van der Waals surface area (Å²) >= 11 is 0. The molecule has 0 spiro atoms. The van der Waals surface area contributed by atoms with Crippen LogP contribution in [0.25, 0.3) is 0 Å². The maximum absolute atomic E-state index is 12.6. The van der Waals surface area contributed by atoms with Crippen molar-refractivity contribution in [2.75, 3.05) is 11.5 Å². The zero-order valence-corrected chi connectivity index (χ0v) is 13.7. The lowest BCUT2D eigenvalue weighted by atomic mass is 9.83. The van der Waals surface area contributed by atoms with Crippen LogP contribution in [0.3, 0.4) is 0 Å². The average molecular weight is 320 g/mol. The monoisotopic (exact) mass is 320 g/mol. The molecule has 0 radical (unpaired) electrons. The molecule has 0 fully saturated rings. The van der Waals surface area contributed by atoms with Crippen molar-refractivity contribution in [3.05, 3.63) is 33.4 Å². The number of non-ortho nitro benzene ring substituents is 1. The number of fused-ring (bicyclic) bond motifs is 1. The number of ether oxygens (including phenoxy) is 1. The summed E-state index contributed by atoms with van der Waals surface area (Å²) in [7, 11) is 0. The summed E-state index contributed by atoms with van der Waals surface area (Å²) in [4.78, 5) is 36.4. The van der Waals surface area contributed by atoms with Gasteiger partial charge in [0.25, 0.3) is 5.69 Å². The van der Waals surface area contributed by atoms with E-state index >= 15 is 0 Å². The molecule has 1 aliphatic heterocycles. The van der Waals surface area contributed by atoms with Crippen LogP contribution >= 0.6 is 0 Å². The first-order valence-corrected chi connectivity index (χ1v) is 7.52. The van der Waals surface area contributed by atoms with E-state index in [4.69, 9.17) is 4.74 Å². The number of rotatable bonds is 4. The minimum Gasteiger partial charge on any atom is -0.449 e. The zero-order chi connectivity index (χ0) is 17.4. The van der Waals surface area contributed by atoms with Crippen LogP contribution in [0.15, 0.2) is 12.1 Å². The molecule has 124 valence electrons. The molecule has 7 nitrogen and oxygen atoms in total. The number of unbranched alkanes of at least 4 members (excludes halogenated alkanes) is 1. The molecule has 0 bridgehead atoms. The van der Waals surface area contributed by atoms with E-state index < -0.39 is 22.3 Å². The Hall–Kier alpha value is -2.44. The van der Waals surface area contributed by atoms with E-state index in [1.807, 2.05) is 6.92 Å². The molecule has 0 unspecified atom stereocenters. The Morgan fingerprint density at radius 3 is 2.61 bits per heavy atom. The zero-order valence-electron chi connectivity index (χ0n) is 13.7. The lowest BCUT2D eigenvalue weighted by Gasteiger charge is -2.18. The van der Waals surface area contributed by atoms with Crippen LogP contribution in [0, 0.1) is 17.0 Å². The number of hydrogen-bond acceptors (Lipinski definition) is 5. The van der Waals surface area contributed by atoms with Crippen LogP contribution in [-0.2, 0) is 14.9 Å². The third kappa shape index (κ3) is 2.78. The second kappa shape index (κ2) is 5.98. The summed E-state index contributed by atoms with van der Waals surface area (Å²) in [6, 6.07) is 2.68. The molecule has 1 heterocycles. The molecule has 1 aromatic carbocycles. The first-order valence-electron chi connectivity index (χ1n) is 7.52. The quantitative estimate of drug-likeness (QED) is 0.481. The Morgan fingerprint density at radius 2 is 2.04 bits per heavy atom. The van der Waals surface area contributed by atoms with Gasteiger partial charge in [-0.15, -0.1) is 0 Å². The van der Waals surface area contributed by atoms with Crippen molar-refractivity contribution < 1.29 is 19.2 Å². The van der Waals surface area contributed by atoms with Crippen molar-refractivity contribution in [2.24, 2.45) is 0 Å².